The average molecular weight is 228 g/mol. The van der Waals surface area contributed by atoms with E-state index in [1.54, 1.807) is 0 Å². The smallest absolute Gasteiger partial charge is 0.124 e. The van der Waals surface area contributed by atoms with Gasteiger partial charge < -0.3 is 10.5 Å². The summed E-state index contributed by atoms with van der Waals surface area (Å²) in [6, 6.07) is 5.94. The molecule has 2 unspecified atom stereocenters. The van der Waals surface area contributed by atoms with Crippen molar-refractivity contribution in [1.82, 2.24) is 0 Å². The van der Waals surface area contributed by atoms with E-state index in [1.165, 1.54) is 0 Å². The summed E-state index contributed by atoms with van der Waals surface area (Å²) in [6.45, 7) is 1.98. The molecule has 1 aliphatic heterocycles. The maximum Gasteiger partial charge on any atom is 0.124 e. The Hall–Kier alpha value is -0.540. The van der Waals surface area contributed by atoms with Gasteiger partial charge in [0.25, 0.3) is 0 Å². The van der Waals surface area contributed by atoms with Crippen LogP contribution in [0.2, 0.25) is 0 Å². The standard InChI is InChI=1S/C9H10BrNO/c1-5-9(11)7-4-6(10)2-3-8(7)12-5/h2-5,9H,11H2,1H3. The average Bonchev–Trinajstić information content (AvgIpc) is 2.31. The van der Waals surface area contributed by atoms with Crippen molar-refractivity contribution < 1.29 is 4.74 Å². The number of rotatable bonds is 0. The van der Waals surface area contributed by atoms with Gasteiger partial charge in [-0.15, -0.1) is 0 Å². The molecule has 12 heavy (non-hydrogen) atoms. The van der Waals surface area contributed by atoms with Crippen molar-refractivity contribution in [2.75, 3.05) is 0 Å². The summed E-state index contributed by atoms with van der Waals surface area (Å²) in [4.78, 5) is 0. The minimum Gasteiger partial charge on any atom is -0.488 e. The first kappa shape index (κ1) is 8.08. The fourth-order valence-electron chi connectivity index (χ4n) is 1.41. The number of ether oxygens (including phenoxy) is 1. The highest BCUT2D eigenvalue weighted by Crippen LogP contribution is 2.36. The van der Waals surface area contributed by atoms with Crippen molar-refractivity contribution in [2.45, 2.75) is 19.1 Å². The molecule has 0 aromatic heterocycles. The molecule has 0 saturated heterocycles. The quantitative estimate of drug-likeness (QED) is 0.738. The predicted octanol–water partition coefficient (Wildman–Crippen LogP) is 2.23. The molecule has 2 rings (SSSR count). The number of fused-ring (bicyclic) bond motifs is 1. The van der Waals surface area contributed by atoms with Crippen LogP contribution in [0.15, 0.2) is 22.7 Å². The van der Waals surface area contributed by atoms with Crippen LogP contribution in [0.5, 0.6) is 5.75 Å². The third-order valence-corrected chi connectivity index (χ3v) is 2.64. The summed E-state index contributed by atoms with van der Waals surface area (Å²) >= 11 is 3.40. The Kier molecular flexibility index (Phi) is 1.85. The number of benzene rings is 1. The Balaban J connectivity index is 2.48. The van der Waals surface area contributed by atoms with Crippen LogP contribution in [0.4, 0.5) is 0 Å². The number of hydrogen-bond acceptors (Lipinski definition) is 2. The van der Waals surface area contributed by atoms with Gasteiger partial charge in [0.1, 0.15) is 11.9 Å². The van der Waals surface area contributed by atoms with E-state index in [2.05, 4.69) is 15.9 Å². The number of hydrogen-bond donors (Lipinski definition) is 1. The molecular formula is C9H10BrNO. The van der Waals surface area contributed by atoms with Crippen molar-refractivity contribution in [3.05, 3.63) is 28.2 Å². The molecule has 0 aliphatic carbocycles. The van der Waals surface area contributed by atoms with Crippen molar-refractivity contribution >= 4 is 15.9 Å². The van der Waals surface area contributed by atoms with E-state index >= 15 is 0 Å². The first-order chi connectivity index (χ1) is 5.68. The molecule has 1 aromatic rings. The Morgan fingerprint density at radius 3 is 3.00 bits per heavy atom. The van der Waals surface area contributed by atoms with Gasteiger partial charge in [0.05, 0.1) is 6.04 Å². The molecule has 3 heteroatoms. The zero-order valence-electron chi connectivity index (χ0n) is 6.75. The Labute approximate surface area is 79.8 Å². The van der Waals surface area contributed by atoms with E-state index in [4.69, 9.17) is 10.5 Å². The molecule has 1 aliphatic rings. The second-order valence-electron chi connectivity index (χ2n) is 3.03. The lowest BCUT2D eigenvalue weighted by atomic mass is 10.1. The molecule has 1 aromatic carbocycles. The SMILES string of the molecule is CC1Oc2ccc(Br)cc2C1N. The van der Waals surface area contributed by atoms with Crippen LogP contribution < -0.4 is 10.5 Å². The van der Waals surface area contributed by atoms with E-state index < -0.39 is 0 Å². The van der Waals surface area contributed by atoms with E-state index in [1.807, 2.05) is 25.1 Å². The van der Waals surface area contributed by atoms with Crippen LogP contribution in [-0.4, -0.2) is 6.10 Å². The Bertz CT molecular complexity index is 313. The lowest BCUT2D eigenvalue weighted by Gasteiger charge is -2.07. The Morgan fingerprint density at radius 2 is 2.25 bits per heavy atom. The van der Waals surface area contributed by atoms with Gasteiger partial charge in [0, 0.05) is 10.0 Å². The Morgan fingerprint density at radius 1 is 1.50 bits per heavy atom. The fraction of sp³-hybridized carbons (Fsp3) is 0.333. The lowest BCUT2D eigenvalue weighted by Crippen LogP contribution is -2.21. The van der Waals surface area contributed by atoms with Crippen LogP contribution >= 0.6 is 15.9 Å². The summed E-state index contributed by atoms with van der Waals surface area (Å²) in [7, 11) is 0. The van der Waals surface area contributed by atoms with Gasteiger partial charge in [-0.1, -0.05) is 15.9 Å². The van der Waals surface area contributed by atoms with Gasteiger partial charge in [-0.05, 0) is 25.1 Å². The van der Waals surface area contributed by atoms with Crippen molar-refractivity contribution in [3.8, 4) is 5.75 Å². The number of halogens is 1. The van der Waals surface area contributed by atoms with Crippen molar-refractivity contribution in [1.29, 1.82) is 0 Å². The molecule has 0 amide bonds. The molecule has 1 heterocycles. The molecule has 2 nitrogen and oxygen atoms in total. The highest BCUT2D eigenvalue weighted by atomic mass is 79.9. The van der Waals surface area contributed by atoms with Gasteiger partial charge in [0.15, 0.2) is 0 Å². The first-order valence-corrected chi connectivity index (χ1v) is 4.69. The monoisotopic (exact) mass is 227 g/mol. The summed E-state index contributed by atoms with van der Waals surface area (Å²) in [5.41, 5.74) is 7.01. The van der Waals surface area contributed by atoms with E-state index in [0.717, 1.165) is 15.8 Å². The normalized spacial score (nSPS) is 26.6. The molecule has 0 fully saturated rings. The van der Waals surface area contributed by atoms with Gasteiger partial charge in [-0.3, -0.25) is 0 Å². The molecular weight excluding hydrogens is 218 g/mol. The highest BCUT2D eigenvalue weighted by molar-refractivity contribution is 9.10. The number of nitrogens with two attached hydrogens (primary N) is 1. The van der Waals surface area contributed by atoms with Crippen LogP contribution in [0.1, 0.15) is 18.5 Å². The fourth-order valence-corrected chi connectivity index (χ4v) is 1.79. The van der Waals surface area contributed by atoms with Crippen molar-refractivity contribution in [3.63, 3.8) is 0 Å². The molecule has 0 spiro atoms. The van der Waals surface area contributed by atoms with Gasteiger partial charge in [0.2, 0.25) is 0 Å². The summed E-state index contributed by atoms with van der Waals surface area (Å²) in [6.07, 6.45) is 0.0919. The molecule has 0 saturated carbocycles. The third kappa shape index (κ3) is 1.13. The minimum atomic E-state index is 0.0116. The predicted molar refractivity (Wildman–Crippen MR) is 51.2 cm³/mol. The van der Waals surface area contributed by atoms with Crippen LogP contribution in [-0.2, 0) is 0 Å². The highest BCUT2D eigenvalue weighted by Gasteiger charge is 2.27. The van der Waals surface area contributed by atoms with Gasteiger partial charge >= 0.3 is 0 Å². The topological polar surface area (TPSA) is 35.2 Å². The summed E-state index contributed by atoms with van der Waals surface area (Å²) < 4.78 is 6.58. The minimum absolute atomic E-state index is 0.0116. The molecule has 0 bridgehead atoms. The van der Waals surface area contributed by atoms with Gasteiger partial charge in [-0.25, -0.2) is 0 Å². The molecule has 2 atom stereocenters. The zero-order valence-corrected chi connectivity index (χ0v) is 8.34. The van der Waals surface area contributed by atoms with Crippen LogP contribution in [0.3, 0.4) is 0 Å². The van der Waals surface area contributed by atoms with Crippen molar-refractivity contribution in [2.24, 2.45) is 5.73 Å². The third-order valence-electron chi connectivity index (χ3n) is 2.15. The molecule has 64 valence electrons. The van der Waals surface area contributed by atoms with Crippen LogP contribution in [0, 0.1) is 0 Å². The molecule has 0 radical (unpaired) electrons. The zero-order chi connectivity index (χ0) is 8.72. The molecule has 2 N–H and O–H groups in total. The second kappa shape index (κ2) is 2.75. The second-order valence-corrected chi connectivity index (χ2v) is 3.95. The summed E-state index contributed by atoms with van der Waals surface area (Å²) in [5.74, 6) is 0.915. The van der Waals surface area contributed by atoms with Crippen LogP contribution in [0.25, 0.3) is 0 Å². The van der Waals surface area contributed by atoms with E-state index in [9.17, 15) is 0 Å². The largest absolute Gasteiger partial charge is 0.488 e. The van der Waals surface area contributed by atoms with Gasteiger partial charge in [-0.2, -0.15) is 0 Å². The maximum atomic E-state index is 5.91. The lowest BCUT2D eigenvalue weighted by molar-refractivity contribution is 0.228. The summed E-state index contributed by atoms with van der Waals surface area (Å²) in [5, 5.41) is 0. The van der Waals surface area contributed by atoms with E-state index in [0.29, 0.717) is 0 Å². The first-order valence-electron chi connectivity index (χ1n) is 3.90. The van der Waals surface area contributed by atoms with E-state index in [-0.39, 0.29) is 12.1 Å². The maximum absolute atomic E-state index is 5.91.